The third-order valence-corrected chi connectivity index (χ3v) is 2.81. The molecule has 0 aliphatic carbocycles. The number of carbonyl (C=O) groups excluding carboxylic acids is 2. The van der Waals surface area contributed by atoms with Gasteiger partial charge in [0, 0.05) is 6.42 Å². The Morgan fingerprint density at radius 1 is 1.05 bits per heavy atom. The van der Waals surface area contributed by atoms with E-state index in [0.29, 0.717) is 6.42 Å². The van der Waals surface area contributed by atoms with Gasteiger partial charge in [-0.25, -0.2) is 4.79 Å². The lowest BCUT2D eigenvalue weighted by Gasteiger charge is -2.22. The summed E-state index contributed by atoms with van der Waals surface area (Å²) in [5.74, 6) is -3.61. The fourth-order valence-corrected chi connectivity index (χ4v) is 1.75. The minimum atomic E-state index is -1.33. The average Bonchev–Trinajstić information content (AvgIpc) is 2.41. The molecule has 6 N–H and O–H groups in total. The molecule has 0 rings (SSSR count). The molecule has 2 atom stereocenters. The average molecular weight is 317 g/mol. The van der Waals surface area contributed by atoms with E-state index in [9.17, 15) is 19.2 Å². The van der Waals surface area contributed by atoms with Crippen LogP contribution in [0.2, 0.25) is 0 Å². The van der Waals surface area contributed by atoms with Crippen molar-refractivity contribution in [1.29, 1.82) is 0 Å². The first-order chi connectivity index (χ1) is 10.2. The number of aliphatic carboxylic acids is 2. The quantitative estimate of drug-likeness (QED) is 0.342. The highest BCUT2D eigenvalue weighted by atomic mass is 16.4. The second-order valence-electron chi connectivity index (χ2n) is 5.29. The van der Waals surface area contributed by atoms with Crippen molar-refractivity contribution in [2.75, 3.05) is 6.54 Å². The maximum absolute atomic E-state index is 12.1. The molecule has 0 aliphatic heterocycles. The number of hydrogen-bond donors (Lipinski definition) is 5. The van der Waals surface area contributed by atoms with Gasteiger partial charge in [0.15, 0.2) is 0 Å². The molecule has 9 nitrogen and oxygen atoms in total. The van der Waals surface area contributed by atoms with Crippen LogP contribution in [0.1, 0.15) is 33.1 Å². The number of amides is 2. The summed E-state index contributed by atoms with van der Waals surface area (Å²) >= 11 is 0. The van der Waals surface area contributed by atoms with E-state index in [-0.39, 0.29) is 25.3 Å². The molecule has 2 unspecified atom stereocenters. The van der Waals surface area contributed by atoms with E-state index in [1.165, 1.54) is 0 Å². The van der Waals surface area contributed by atoms with Crippen molar-refractivity contribution in [3.63, 3.8) is 0 Å². The highest BCUT2D eigenvalue weighted by Crippen LogP contribution is 2.06. The van der Waals surface area contributed by atoms with Crippen LogP contribution in [-0.4, -0.2) is 52.6 Å². The molecule has 0 fully saturated rings. The molecule has 126 valence electrons. The highest BCUT2D eigenvalue weighted by molar-refractivity contribution is 5.90. The van der Waals surface area contributed by atoms with E-state index >= 15 is 0 Å². The van der Waals surface area contributed by atoms with Crippen LogP contribution in [0.4, 0.5) is 0 Å². The standard InChI is InChI=1S/C13H23N3O6/c1-7(2)5-9(15-10(17)6-14)12(20)16-8(13(21)22)3-4-11(18)19/h7-9H,3-6,14H2,1-2H3,(H,15,17)(H,16,20)(H,18,19)(H,21,22). The van der Waals surface area contributed by atoms with Crippen molar-refractivity contribution in [3.8, 4) is 0 Å². The number of nitrogens with one attached hydrogen (secondary N) is 2. The monoisotopic (exact) mass is 317 g/mol. The summed E-state index contributed by atoms with van der Waals surface area (Å²) in [6.07, 6.45) is -0.320. The van der Waals surface area contributed by atoms with E-state index in [1.54, 1.807) is 0 Å². The van der Waals surface area contributed by atoms with Gasteiger partial charge in [-0.15, -0.1) is 0 Å². The summed E-state index contributed by atoms with van der Waals surface area (Å²) in [5.41, 5.74) is 5.18. The molecular formula is C13H23N3O6. The minimum absolute atomic E-state index is 0.0797. The van der Waals surface area contributed by atoms with Crippen molar-refractivity contribution < 1.29 is 29.4 Å². The third kappa shape index (κ3) is 8.20. The predicted octanol–water partition coefficient (Wildman–Crippen LogP) is -1.09. The zero-order valence-electron chi connectivity index (χ0n) is 12.7. The second kappa shape index (κ2) is 9.72. The number of carbonyl (C=O) groups is 4. The number of carboxylic acid groups (broad SMARTS) is 2. The molecule has 0 saturated heterocycles. The van der Waals surface area contributed by atoms with Gasteiger partial charge in [0.05, 0.1) is 6.54 Å². The Bertz CT molecular complexity index is 424. The van der Waals surface area contributed by atoms with Gasteiger partial charge in [-0.05, 0) is 18.8 Å². The van der Waals surface area contributed by atoms with E-state index in [4.69, 9.17) is 15.9 Å². The molecule has 0 aromatic heterocycles. The lowest BCUT2D eigenvalue weighted by molar-refractivity contribution is -0.143. The van der Waals surface area contributed by atoms with Crippen molar-refractivity contribution in [2.24, 2.45) is 11.7 Å². The summed E-state index contributed by atoms with van der Waals surface area (Å²) in [7, 11) is 0. The van der Waals surface area contributed by atoms with Crippen LogP contribution < -0.4 is 16.4 Å². The molecule has 0 heterocycles. The fourth-order valence-electron chi connectivity index (χ4n) is 1.75. The van der Waals surface area contributed by atoms with Gasteiger partial charge in [-0.1, -0.05) is 13.8 Å². The zero-order valence-corrected chi connectivity index (χ0v) is 12.7. The Labute approximate surface area is 128 Å². The van der Waals surface area contributed by atoms with Gasteiger partial charge in [0.25, 0.3) is 0 Å². The van der Waals surface area contributed by atoms with Gasteiger partial charge in [-0.2, -0.15) is 0 Å². The van der Waals surface area contributed by atoms with Gasteiger partial charge >= 0.3 is 11.9 Å². The van der Waals surface area contributed by atoms with Crippen LogP contribution in [0.15, 0.2) is 0 Å². The second-order valence-corrected chi connectivity index (χ2v) is 5.29. The molecule has 0 bridgehead atoms. The largest absolute Gasteiger partial charge is 0.481 e. The van der Waals surface area contributed by atoms with Gasteiger partial charge < -0.3 is 26.6 Å². The lowest BCUT2D eigenvalue weighted by Crippen LogP contribution is -2.53. The van der Waals surface area contributed by atoms with Gasteiger partial charge in [0.1, 0.15) is 12.1 Å². The molecule has 0 saturated carbocycles. The maximum atomic E-state index is 12.1. The zero-order chi connectivity index (χ0) is 17.3. The number of nitrogens with two attached hydrogens (primary N) is 1. The van der Waals surface area contributed by atoms with E-state index in [2.05, 4.69) is 10.6 Å². The maximum Gasteiger partial charge on any atom is 0.326 e. The Hall–Kier alpha value is -2.16. The van der Waals surface area contributed by atoms with Crippen molar-refractivity contribution >= 4 is 23.8 Å². The Morgan fingerprint density at radius 2 is 1.64 bits per heavy atom. The fraction of sp³-hybridized carbons (Fsp3) is 0.692. The number of carboxylic acids is 2. The summed E-state index contributed by atoms with van der Waals surface area (Å²) in [6, 6.07) is -2.24. The first-order valence-corrected chi connectivity index (χ1v) is 6.91. The van der Waals surface area contributed by atoms with Crippen molar-refractivity contribution in [1.82, 2.24) is 10.6 Å². The van der Waals surface area contributed by atoms with Crippen LogP contribution in [0, 0.1) is 5.92 Å². The third-order valence-electron chi connectivity index (χ3n) is 2.81. The number of hydrogen-bond acceptors (Lipinski definition) is 5. The summed E-state index contributed by atoms with van der Waals surface area (Å²) in [6.45, 7) is 3.39. The van der Waals surface area contributed by atoms with Crippen molar-refractivity contribution in [3.05, 3.63) is 0 Å². The Balaban J connectivity index is 4.83. The molecular weight excluding hydrogens is 294 g/mol. The molecule has 0 aliphatic rings. The molecule has 0 spiro atoms. The lowest BCUT2D eigenvalue weighted by atomic mass is 10.0. The summed E-state index contributed by atoms with van der Waals surface area (Å²) in [4.78, 5) is 45.0. The smallest absolute Gasteiger partial charge is 0.326 e. The molecule has 0 radical (unpaired) electrons. The molecule has 0 aromatic rings. The normalized spacial score (nSPS) is 13.3. The first-order valence-electron chi connectivity index (χ1n) is 6.91. The SMILES string of the molecule is CC(C)CC(NC(=O)CN)C(=O)NC(CCC(=O)O)C(=O)O. The van der Waals surface area contributed by atoms with Crippen LogP contribution in [0.5, 0.6) is 0 Å². The van der Waals surface area contributed by atoms with Crippen molar-refractivity contribution in [2.45, 2.75) is 45.2 Å². The minimum Gasteiger partial charge on any atom is -0.481 e. The molecule has 9 heteroatoms. The molecule has 2 amide bonds. The van der Waals surface area contributed by atoms with E-state index < -0.39 is 35.8 Å². The Morgan fingerprint density at radius 3 is 2.05 bits per heavy atom. The predicted molar refractivity (Wildman–Crippen MR) is 76.9 cm³/mol. The van der Waals surface area contributed by atoms with E-state index in [0.717, 1.165) is 0 Å². The number of rotatable bonds is 10. The first kappa shape index (κ1) is 19.8. The van der Waals surface area contributed by atoms with Crippen LogP contribution in [0.3, 0.4) is 0 Å². The van der Waals surface area contributed by atoms with Gasteiger partial charge in [0.2, 0.25) is 11.8 Å². The van der Waals surface area contributed by atoms with Crippen LogP contribution in [-0.2, 0) is 19.2 Å². The molecule has 0 aromatic carbocycles. The topological polar surface area (TPSA) is 159 Å². The van der Waals surface area contributed by atoms with Crippen LogP contribution in [0.25, 0.3) is 0 Å². The van der Waals surface area contributed by atoms with Gasteiger partial charge in [-0.3, -0.25) is 14.4 Å². The molecule has 22 heavy (non-hydrogen) atoms. The van der Waals surface area contributed by atoms with Crippen LogP contribution >= 0.6 is 0 Å². The summed E-state index contributed by atoms with van der Waals surface area (Å²) in [5, 5.41) is 22.3. The highest BCUT2D eigenvalue weighted by Gasteiger charge is 2.27. The van der Waals surface area contributed by atoms with E-state index in [1.807, 2.05) is 13.8 Å². The summed E-state index contributed by atoms with van der Waals surface area (Å²) < 4.78 is 0. The Kier molecular flexibility index (Phi) is 8.76.